The molecule has 1 rings (SSSR count). The lowest BCUT2D eigenvalue weighted by Crippen LogP contribution is -2.28. The van der Waals surface area contributed by atoms with Crippen molar-refractivity contribution in [2.45, 2.75) is 11.3 Å². The molecule has 0 unspecified atom stereocenters. The van der Waals surface area contributed by atoms with Gasteiger partial charge in [-0.25, -0.2) is 0 Å². The number of benzene rings is 1. The van der Waals surface area contributed by atoms with Crippen LogP contribution in [0.1, 0.15) is 16.8 Å². The fourth-order valence-corrected chi connectivity index (χ4v) is 1.63. The highest BCUT2D eigenvalue weighted by Crippen LogP contribution is 2.10. The lowest BCUT2D eigenvalue weighted by molar-refractivity contribution is 0.0779. The van der Waals surface area contributed by atoms with Gasteiger partial charge in [0.2, 0.25) is 0 Å². The van der Waals surface area contributed by atoms with Crippen molar-refractivity contribution in [3.05, 3.63) is 29.8 Å². The number of ether oxygens (including phenoxy) is 1. The van der Waals surface area contributed by atoms with E-state index in [1.54, 1.807) is 31.2 Å². The lowest BCUT2D eigenvalue weighted by atomic mass is 10.2. The Labute approximate surface area is 102 Å². The number of hydrogen-bond acceptors (Lipinski definition) is 3. The molecule has 0 heterocycles. The molecule has 0 N–H and O–H groups in total. The monoisotopic (exact) mass is 239 g/mol. The zero-order valence-electron chi connectivity index (χ0n) is 9.64. The van der Waals surface area contributed by atoms with Gasteiger partial charge in [0.1, 0.15) is 0 Å². The third-order valence-corrected chi connectivity index (χ3v) is 2.56. The van der Waals surface area contributed by atoms with Gasteiger partial charge in [-0.15, -0.1) is 12.6 Å². The Morgan fingerprint density at radius 2 is 2.25 bits per heavy atom. The van der Waals surface area contributed by atoms with Crippen LogP contribution in [0.15, 0.2) is 29.2 Å². The highest BCUT2D eigenvalue weighted by Gasteiger charge is 2.10. The minimum absolute atomic E-state index is 0.0204. The van der Waals surface area contributed by atoms with E-state index in [1.165, 1.54) is 0 Å². The largest absolute Gasteiger partial charge is 0.385 e. The average molecular weight is 239 g/mol. The second-order valence-electron chi connectivity index (χ2n) is 3.62. The van der Waals surface area contributed by atoms with Crippen LogP contribution in [-0.2, 0) is 4.74 Å². The third-order valence-electron chi connectivity index (χ3n) is 2.28. The molecule has 88 valence electrons. The van der Waals surface area contributed by atoms with Crippen molar-refractivity contribution >= 4 is 18.5 Å². The first-order chi connectivity index (χ1) is 7.65. The summed E-state index contributed by atoms with van der Waals surface area (Å²) in [6, 6.07) is 7.26. The Hall–Kier alpha value is -1.00. The molecule has 0 fully saturated rings. The number of amides is 1. The summed E-state index contributed by atoms with van der Waals surface area (Å²) < 4.78 is 4.95. The molecule has 0 radical (unpaired) electrons. The van der Waals surface area contributed by atoms with Gasteiger partial charge in [0.05, 0.1) is 0 Å². The smallest absolute Gasteiger partial charge is 0.253 e. The number of thiol groups is 1. The van der Waals surface area contributed by atoms with E-state index in [2.05, 4.69) is 12.6 Å². The average Bonchev–Trinajstić information content (AvgIpc) is 2.28. The molecule has 0 aliphatic heterocycles. The minimum Gasteiger partial charge on any atom is -0.385 e. The summed E-state index contributed by atoms with van der Waals surface area (Å²) in [6.07, 6.45) is 0.847. The summed E-state index contributed by atoms with van der Waals surface area (Å²) >= 11 is 4.21. The Bertz CT molecular complexity index is 355. The van der Waals surface area contributed by atoms with Crippen LogP contribution in [0.5, 0.6) is 0 Å². The van der Waals surface area contributed by atoms with Crippen LogP contribution in [-0.4, -0.2) is 38.1 Å². The quantitative estimate of drug-likeness (QED) is 0.630. The van der Waals surface area contributed by atoms with Crippen molar-refractivity contribution in [1.82, 2.24) is 4.90 Å². The van der Waals surface area contributed by atoms with Gasteiger partial charge in [0.15, 0.2) is 0 Å². The summed E-state index contributed by atoms with van der Waals surface area (Å²) in [4.78, 5) is 14.4. The molecule has 1 aromatic rings. The number of carbonyl (C=O) groups excluding carboxylic acids is 1. The molecular formula is C12H17NO2S. The van der Waals surface area contributed by atoms with Gasteiger partial charge in [0.25, 0.3) is 5.91 Å². The van der Waals surface area contributed by atoms with E-state index >= 15 is 0 Å². The fourth-order valence-electron chi connectivity index (χ4n) is 1.41. The first-order valence-corrected chi connectivity index (χ1v) is 5.63. The Kier molecular flexibility index (Phi) is 5.35. The Balaban J connectivity index is 2.56. The molecule has 0 saturated heterocycles. The third kappa shape index (κ3) is 3.87. The number of nitrogens with zero attached hydrogens (tertiary/aromatic N) is 1. The van der Waals surface area contributed by atoms with Crippen LogP contribution in [0.25, 0.3) is 0 Å². The van der Waals surface area contributed by atoms with Gasteiger partial charge >= 0.3 is 0 Å². The first-order valence-electron chi connectivity index (χ1n) is 5.18. The van der Waals surface area contributed by atoms with Crippen molar-refractivity contribution in [3.8, 4) is 0 Å². The van der Waals surface area contributed by atoms with Crippen LogP contribution in [0, 0.1) is 0 Å². The molecule has 0 spiro atoms. The number of hydrogen-bond donors (Lipinski definition) is 1. The Morgan fingerprint density at radius 1 is 1.50 bits per heavy atom. The first kappa shape index (κ1) is 13.1. The molecule has 1 amide bonds. The summed E-state index contributed by atoms with van der Waals surface area (Å²) in [6.45, 7) is 1.37. The molecule has 4 heteroatoms. The van der Waals surface area contributed by atoms with E-state index in [0.29, 0.717) is 18.7 Å². The lowest BCUT2D eigenvalue weighted by Gasteiger charge is -2.17. The van der Waals surface area contributed by atoms with Gasteiger partial charge in [-0.3, -0.25) is 4.79 Å². The van der Waals surface area contributed by atoms with Crippen LogP contribution in [0.4, 0.5) is 0 Å². The van der Waals surface area contributed by atoms with Gasteiger partial charge in [0, 0.05) is 37.8 Å². The standard InChI is InChI=1S/C12H17NO2S/c1-13(7-4-8-15-2)12(14)10-5-3-6-11(16)9-10/h3,5-6,9,16H,4,7-8H2,1-2H3. The van der Waals surface area contributed by atoms with Gasteiger partial charge in [-0.1, -0.05) is 6.07 Å². The van der Waals surface area contributed by atoms with E-state index in [0.717, 1.165) is 11.3 Å². The molecule has 3 nitrogen and oxygen atoms in total. The maximum Gasteiger partial charge on any atom is 0.253 e. The van der Waals surface area contributed by atoms with E-state index in [4.69, 9.17) is 4.74 Å². The second-order valence-corrected chi connectivity index (χ2v) is 4.14. The molecule has 0 saturated carbocycles. The fraction of sp³-hybridized carbons (Fsp3) is 0.417. The molecule has 16 heavy (non-hydrogen) atoms. The minimum atomic E-state index is 0.0204. The zero-order valence-corrected chi connectivity index (χ0v) is 10.5. The molecular weight excluding hydrogens is 222 g/mol. The number of carbonyl (C=O) groups is 1. The molecule has 1 aromatic carbocycles. The molecule has 0 bridgehead atoms. The predicted octanol–water partition coefficient (Wildman–Crippen LogP) is 2.08. The summed E-state index contributed by atoms with van der Waals surface area (Å²) in [5.74, 6) is 0.0204. The number of rotatable bonds is 5. The van der Waals surface area contributed by atoms with Crippen LogP contribution < -0.4 is 0 Å². The van der Waals surface area contributed by atoms with Gasteiger partial charge < -0.3 is 9.64 Å². The van der Waals surface area contributed by atoms with E-state index < -0.39 is 0 Å². The predicted molar refractivity (Wildman–Crippen MR) is 67.1 cm³/mol. The van der Waals surface area contributed by atoms with Crippen molar-refractivity contribution in [2.24, 2.45) is 0 Å². The summed E-state index contributed by atoms with van der Waals surface area (Å²) in [5.41, 5.74) is 0.674. The molecule has 0 aliphatic carbocycles. The van der Waals surface area contributed by atoms with Crippen molar-refractivity contribution in [1.29, 1.82) is 0 Å². The summed E-state index contributed by atoms with van der Waals surface area (Å²) in [7, 11) is 3.45. The second kappa shape index (κ2) is 6.55. The van der Waals surface area contributed by atoms with Crippen molar-refractivity contribution in [2.75, 3.05) is 27.3 Å². The van der Waals surface area contributed by atoms with Crippen LogP contribution in [0.3, 0.4) is 0 Å². The molecule has 0 aromatic heterocycles. The molecule has 0 atom stereocenters. The normalized spacial score (nSPS) is 10.2. The van der Waals surface area contributed by atoms with Crippen molar-refractivity contribution in [3.63, 3.8) is 0 Å². The topological polar surface area (TPSA) is 29.5 Å². The van der Waals surface area contributed by atoms with E-state index in [9.17, 15) is 4.79 Å². The van der Waals surface area contributed by atoms with Crippen molar-refractivity contribution < 1.29 is 9.53 Å². The van der Waals surface area contributed by atoms with Crippen LogP contribution in [0.2, 0.25) is 0 Å². The van der Waals surface area contributed by atoms with E-state index in [1.807, 2.05) is 12.1 Å². The highest BCUT2D eigenvalue weighted by molar-refractivity contribution is 7.80. The maximum atomic E-state index is 11.9. The number of methoxy groups -OCH3 is 1. The molecule has 0 aliphatic rings. The van der Waals surface area contributed by atoms with Crippen LogP contribution >= 0.6 is 12.6 Å². The van der Waals surface area contributed by atoms with Gasteiger partial charge in [-0.05, 0) is 24.6 Å². The Morgan fingerprint density at radius 3 is 2.88 bits per heavy atom. The van der Waals surface area contributed by atoms with Gasteiger partial charge in [-0.2, -0.15) is 0 Å². The zero-order chi connectivity index (χ0) is 12.0. The van der Waals surface area contributed by atoms with E-state index in [-0.39, 0.29) is 5.91 Å². The SMILES string of the molecule is COCCCN(C)C(=O)c1cccc(S)c1. The summed E-state index contributed by atoms with van der Waals surface area (Å²) in [5, 5.41) is 0. The highest BCUT2D eigenvalue weighted by atomic mass is 32.1. The maximum absolute atomic E-state index is 11.9.